The van der Waals surface area contributed by atoms with Crippen LogP contribution in [0.15, 0.2) is 18.2 Å². The Morgan fingerprint density at radius 3 is 2.47 bits per heavy atom. The topological polar surface area (TPSA) is 55.8 Å². The van der Waals surface area contributed by atoms with E-state index >= 15 is 0 Å². The molecule has 5 heteroatoms. The maximum Gasteiger partial charge on any atom is 0.315 e. The van der Waals surface area contributed by atoms with Crippen LogP contribution in [-0.4, -0.2) is 33.1 Å². The van der Waals surface area contributed by atoms with Crippen LogP contribution in [0.1, 0.15) is 18.9 Å². The van der Waals surface area contributed by atoms with E-state index in [1.165, 1.54) is 12.0 Å². The Labute approximate surface area is 113 Å². The van der Waals surface area contributed by atoms with Crippen LogP contribution in [0.5, 0.6) is 5.75 Å². The van der Waals surface area contributed by atoms with Gasteiger partial charge < -0.3 is 14.4 Å². The third kappa shape index (κ3) is 3.71. The number of hydrogen-bond acceptors (Lipinski definition) is 4. The Morgan fingerprint density at radius 2 is 1.95 bits per heavy atom. The van der Waals surface area contributed by atoms with E-state index < -0.39 is 5.97 Å². The first kappa shape index (κ1) is 15.0. The number of nitrogens with zero attached hydrogens (tertiary/aromatic N) is 1. The number of aryl methyl sites for hydroxylation is 1. The van der Waals surface area contributed by atoms with E-state index in [0.29, 0.717) is 0 Å². The van der Waals surface area contributed by atoms with Crippen molar-refractivity contribution in [3.63, 3.8) is 0 Å². The van der Waals surface area contributed by atoms with Crippen molar-refractivity contribution in [2.24, 2.45) is 0 Å². The number of anilines is 1. The van der Waals surface area contributed by atoms with Crippen molar-refractivity contribution in [3.8, 4) is 5.75 Å². The largest absolute Gasteiger partial charge is 0.496 e. The fraction of sp³-hybridized carbons (Fsp3) is 0.429. The predicted octanol–water partition coefficient (Wildman–Crippen LogP) is 1.78. The van der Waals surface area contributed by atoms with Crippen molar-refractivity contribution < 1.29 is 19.1 Å². The molecule has 0 aromatic heterocycles. The van der Waals surface area contributed by atoms with Crippen molar-refractivity contribution in [2.45, 2.75) is 19.8 Å². The van der Waals surface area contributed by atoms with Crippen molar-refractivity contribution in [1.82, 2.24) is 0 Å². The van der Waals surface area contributed by atoms with E-state index in [1.807, 2.05) is 19.1 Å². The highest BCUT2D eigenvalue weighted by atomic mass is 16.5. The molecule has 0 radical (unpaired) electrons. The second-order valence-electron chi connectivity index (χ2n) is 4.06. The Morgan fingerprint density at radius 1 is 1.26 bits per heavy atom. The zero-order chi connectivity index (χ0) is 14.4. The van der Waals surface area contributed by atoms with Gasteiger partial charge >= 0.3 is 5.97 Å². The van der Waals surface area contributed by atoms with Gasteiger partial charge in [-0.05, 0) is 30.2 Å². The number of amides is 1. The number of rotatable bonds is 5. The molecule has 0 saturated carbocycles. The predicted molar refractivity (Wildman–Crippen MR) is 72.4 cm³/mol. The molecule has 0 aliphatic heterocycles. The van der Waals surface area contributed by atoms with Crippen molar-refractivity contribution in [2.75, 3.05) is 26.2 Å². The first-order chi connectivity index (χ1) is 9.03. The summed E-state index contributed by atoms with van der Waals surface area (Å²) in [6, 6.07) is 5.48. The molecule has 1 aromatic rings. The van der Waals surface area contributed by atoms with Gasteiger partial charge in [-0.1, -0.05) is 6.92 Å². The molecule has 0 spiro atoms. The number of esters is 1. The minimum atomic E-state index is -0.541. The normalized spacial score (nSPS) is 9.89. The van der Waals surface area contributed by atoms with E-state index in [1.54, 1.807) is 20.2 Å². The van der Waals surface area contributed by atoms with Gasteiger partial charge in [-0.15, -0.1) is 0 Å². The number of carbonyl (C=O) groups excluding carboxylic acids is 2. The molecule has 1 aromatic carbocycles. The third-order valence-corrected chi connectivity index (χ3v) is 2.93. The molecule has 0 atom stereocenters. The number of hydrogen-bond donors (Lipinski definition) is 0. The highest BCUT2D eigenvalue weighted by Gasteiger charge is 2.16. The highest BCUT2D eigenvalue weighted by Crippen LogP contribution is 2.25. The molecule has 0 saturated heterocycles. The smallest absolute Gasteiger partial charge is 0.315 e. The first-order valence-electron chi connectivity index (χ1n) is 6.03. The molecule has 5 nitrogen and oxygen atoms in total. The van der Waals surface area contributed by atoms with Gasteiger partial charge in [0.25, 0.3) is 0 Å². The lowest BCUT2D eigenvalue weighted by Gasteiger charge is -2.18. The average molecular weight is 265 g/mol. The monoisotopic (exact) mass is 265 g/mol. The summed E-state index contributed by atoms with van der Waals surface area (Å²) in [5, 5.41) is 0. The minimum Gasteiger partial charge on any atom is -0.496 e. The van der Waals surface area contributed by atoms with Gasteiger partial charge in [-0.2, -0.15) is 0 Å². The Hall–Kier alpha value is -2.04. The molecule has 1 rings (SSSR count). The van der Waals surface area contributed by atoms with E-state index in [0.717, 1.165) is 23.4 Å². The lowest BCUT2D eigenvalue weighted by atomic mass is 10.1. The molecule has 0 heterocycles. The molecule has 104 valence electrons. The summed E-state index contributed by atoms with van der Waals surface area (Å²) in [6.45, 7) is 2.01. The number of ether oxygens (including phenoxy) is 2. The van der Waals surface area contributed by atoms with Crippen LogP contribution in [-0.2, 0) is 20.7 Å². The Kier molecular flexibility index (Phi) is 5.36. The molecule has 1 amide bonds. The van der Waals surface area contributed by atoms with Crippen molar-refractivity contribution in [1.29, 1.82) is 0 Å². The molecule has 0 fully saturated rings. The van der Waals surface area contributed by atoms with Gasteiger partial charge in [0.05, 0.1) is 14.2 Å². The highest BCUT2D eigenvalue weighted by molar-refractivity contribution is 6.03. The fourth-order valence-corrected chi connectivity index (χ4v) is 1.71. The second kappa shape index (κ2) is 6.78. The molecular weight excluding hydrogens is 246 g/mol. The number of carbonyl (C=O) groups is 2. The summed E-state index contributed by atoms with van der Waals surface area (Å²) in [5.41, 5.74) is 1.74. The summed E-state index contributed by atoms with van der Waals surface area (Å²) in [4.78, 5) is 24.4. The number of methoxy groups -OCH3 is 2. The molecule has 0 aliphatic carbocycles. The Bertz CT molecular complexity index is 471. The van der Waals surface area contributed by atoms with Gasteiger partial charge in [0.2, 0.25) is 5.91 Å². The van der Waals surface area contributed by atoms with Crippen LogP contribution in [0.25, 0.3) is 0 Å². The quantitative estimate of drug-likeness (QED) is 0.601. The molecule has 19 heavy (non-hydrogen) atoms. The SMILES string of the molecule is CCc1cc(N(C)C(=O)CC(=O)OC)ccc1OC. The molecule has 0 N–H and O–H groups in total. The number of benzene rings is 1. The van der Waals surface area contributed by atoms with Crippen molar-refractivity contribution >= 4 is 17.6 Å². The minimum absolute atomic E-state index is 0.263. The van der Waals surface area contributed by atoms with Gasteiger partial charge in [-0.3, -0.25) is 9.59 Å². The summed E-state index contributed by atoms with van der Waals surface area (Å²) in [6.07, 6.45) is 0.538. The van der Waals surface area contributed by atoms with Crippen LogP contribution < -0.4 is 9.64 Å². The van der Waals surface area contributed by atoms with Gasteiger partial charge in [0.1, 0.15) is 12.2 Å². The van der Waals surface area contributed by atoms with Crippen LogP contribution in [0, 0.1) is 0 Å². The van der Waals surface area contributed by atoms with E-state index in [9.17, 15) is 9.59 Å². The average Bonchev–Trinajstić information content (AvgIpc) is 2.45. The standard InChI is InChI=1S/C14H19NO4/c1-5-10-8-11(6-7-12(10)18-3)15(2)13(16)9-14(17)19-4/h6-8H,5,9H2,1-4H3. The van der Waals surface area contributed by atoms with Gasteiger partial charge in [0, 0.05) is 12.7 Å². The van der Waals surface area contributed by atoms with E-state index in [4.69, 9.17) is 4.74 Å². The molecule has 0 unspecified atom stereocenters. The van der Waals surface area contributed by atoms with Crippen LogP contribution in [0.4, 0.5) is 5.69 Å². The lowest BCUT2D eigenvalue weighted by Crippen LogP contribution is -2.28. The second-order valence-corrected chi connectivity index (χ2v) is 4.06. The fourth-order valence-electron chi connectivity index (χ4n) is 1.71. The van der Waals surface area contributed by atoms with Gasteiger partial charge in [-0.25, -0.2) is 0 Å². The maximum atomic E-state index is 11.9. The van der Waals surface area contributed by atoms with Crippen LogP contribution in [0.3, 0.4) is 0 Å². The summed E-state index contributed by atoms with van der Waals surface area (Å²) < 4.78 is 9.72. The first-order valence-corrected chi connectivity index (χ1v) is 6.03. The molecular formula is C14H19NO4. The van der Waals surface area contributed by atoms with Gasteiger partial charge in [0.15, 0.2) is 0 Å². The van der Waals surface area contributed by atoms with E-state index in [-0.39, 0.29) is 12.3 Å². The molecule has 0 bridgehead atoms. The Balaban J connectivity index is 2.90. The zero-order valence-corrected chi connectivity index (χ0v) is 11.7. The summed E-state index contributed by atoms with van der Waals surface area (Å²) in [5.74, 6) is -0.0554. The van der Waals surface area contributed by atoms with Crippen LogP contribution in [0.2, 0.25) is 0 Å². The van der Waals surface area contributed by atoms with E-state index in [2.05, 4.69) is 4.74 Å². The lowest BCUT2D eigenvalue weighted by molar-refractivity contribution is -0.143. The third-order valence-electron chi connectivity index (χ3n) is 2.93. The maximum absolute atomic E-state index is 11.9. The summed E-state index contributed by atoms with van der Waals surface area (Å²) in [7, 11) is 4.50. The van der Waals surface area contributed by atoms with Crippen molar-refractivity contribution in [3.05, 3.63) is 23.8 Å². The zero-order valence-electron chi connectivity index (χ0n) is 11.7. The summed E-state index contributed by atoms with van der Waals surface area (Å²) >= 11 is 0. The molecule has 0 aliphatic rings. The van der Waals surface area contributed by atoms with Crippen LogP contribution >= 0.6 is 0 Å².